The summed E-state index contributed by atoms with van der Waals surface area (Å²) in [6, 6.07) is 0.655. The molecule has 0 aromatic carbocycles. The molecule has 5 heteroatoms. The van der Waals surface area contributed by atoms with Gasteiger partial charge in [0.2, 0.25) is 0 Å². The standard InChI is InChI=1S/C16H29N5/c1-5-8-14-15(17-4)18-12-19-16(14)21-10-9-13(11-21)20(6-2)7-3/h12-13H,5-11H2,1-4H3,(H,17,18,19). The second kappa shape index (κ2) is 7.59. The first-order valence-corrected chi connectivity index (χ1v) is 8.25. The molecule has 0 bridgehead atoms. The summed E-state index contributed by atoms with van der Waals surface area (Å²) >= 11 is 0. The lowest BCUT2D eigenvalue weighted by Crippen LogP contribution is -2.37. The third-order valence-corrected chi connectivity index (χ3v) is 4.45. The fourth-order valence-corrected chi connectivity index (χ4v) is 3.34. The fraction of sp³-hybridized carbons (Fsp3) is 0.750. The molecule has 0 saturated carbocycles. The van der Waals surface area contributed by atoms with Crippen molar-refractivity contribution in [2.45, 2.75) is 46.1 Å². The molecule has 1 N–H and O–H groups in total. The van der Waals surface area contributed by atoms with Crippen molar-refractivity contribution < 1.29 is 0 Å². The van der Waals surface area contributed by atoms with Gasteiger partial charge in [-0.25, -0.2) is 9.97 Å². The monoisotopic (exact) mass is 291 g/mol. The zero-order valence-electron chi connectivity index (χ0n) is 13.9. The molecule has 1 aliphatic heterocycles. The highest BCUT2D eigenvalue weighted by Gasteiger charge is 2.28. The predicted octanol–water partition coefficient (Wildman–Crippen LogP) is 2.39. The average molecular weight is 291 g/mol. The first kappa shape index (κ1) is 16.0. The Bertz CT molecular complexity index is 444. The molecule has 0 aliphatic carbocycles. The van der Waals surface area contributed by atoms with Crippen LogP contribution in [0.15, 0.2) is 6.33 Å². The van der Waals surface area contributed by atoms with Gasteiger partial charge < -0.3 is 10.2 Å². The lowest BCUT2D eigenvalue weighted by molar-refractivity contribution is 0.232. The molecule has 1 aromatic rings. The summed E-state index contributed by atoms with van der Waals surface area (Å²) in [5, 5.41) is 3.21. The summed E-state index contributed by atoms with van der Waals surface area (Å²) in [6.07, 6.45) is 5.05. The van der Waals surface area contributed by atoms with Gasteiger partial charge in [-0.15, -0.1) is 0 Å². The summed E-state index contributed by atoms with van der Waals surface area (Å²) < 4.78 is 0. The van der Waals surface area contributed by atoms with Crippen LogP contribution >= 0.6 is 0 Å². The maximum absolute atomic E-state index is 4.59. The zero-order chi connectivity index (χ0) is 15.2. The maximum Gasteiger partial charge on any atom is 0.137 e. The van der Waals surface area contributed by atoms with Crippen LogP contribution in [0.3, 0.4) is 0 Å². The zero-order valence-corrected chi connectivity index (χ0v) is 13.9. The summed E-state index contributed by atoms with van der Waals surface area (Å²) in [5.41, 5.74) is 1.27. The van der Waals surface area contributed by atoms with Gasteiger partial charge in [0.05, 0.1) is 0 Å². The molecule has 1 fully saturated rings. The van der Waals surface area contributed by atoms with Gasteiger partial charge in [0.15, 0.2) is 0 Å². The molecule has 1 aliphatic rings. The fourth-order valence-electron chi connectivity index (χ4n) is 3.34. The van der Waals surface area contributed by atoms with Crippen molar-refractivity contribution in [2.24, 2.45) is 0 Å². The van der Waals surface area contributed by atoms with Crippen LogP contribution in [-0.2, 0) is 6.42 Å². The second-order valence-corrected chi connectivity index (χ2v) is 5.63. The van der Waals surface area contributed by atoms with Gasteiger partial charge in [0.25, 0.3) is 0 Å². The van der Waals surface area contributed by atoms with Crippen molar-refractivity contribution in [3.8, 4) is 0 Å². The van der Waals surface area contributed by atoms with E-state index >= 15 is 0 Å². The van der Waals surface area contributed by atoms with E-state index in [1.165, 1.54) is 12.0 Å². The van der Waals surface area contributed by atoms with E-state index < -0.39 is 0 Å². The Morgan fingerprint density at radius 1 is 1.29 bits per heavy atom. The minimum atomic E-state index is 0.655. The molecule has 2 rings (SSSR count). The molecule has 0 amide bonds. The summed E-state index contributed by atoms with van der Waals surface area (Å²) in [4.78, 5) is 14.0. The van der Waals surface area contributed by atoms with Gasteiger partial charge in [-0.3, -0.25) is 4.90 Å². The molecular weight excluding hydrogens is 262 g/mol. The van der Waals surface area contributed by atoms with Gasteiger partial charge in [0.1, 0.15) is 18.0 Å². The van der Waals surface area contributed by atoms with Crippen molar-refractivity contribution in [2.75, 3.05) is 43.4 Å². The van der Waals surface area contributed by atoms with Gasteiger partial charge in [-0.05, 0) is 25.9 Å². The van der Waals surface area contributed by atoms with E-state index in [-0.39, 0.29) is 0 Å². The van der Waals surface area contributed by atoms with Crippen LogP contribution < -0.4 is 10.2 Å². The molecule has 1 saturated heterocycles. The number of nitrogens with zero attached hydrogens (tertiary/aromatic N) is 4. The van der Waals surface area contributed by atoms with Crippen molar-refractivity contribution in [3.05, 3.63) is 11.9 Å². The van der Waals surface area contributed by atoms with Crippen LogP contribution in [0.2, 0.25) is 0 Å². The number of hydrogen-bond donors (Lipinski definition) is 1. The molecule has 1 unspecified atom stereocenters. The Hall–Kier alpha value is -1.36. The third kappa shape index (κ3) is 3.46. The second-order valence-electron chi connectivity index (χ2n) is 5.63. The summed E-state index contributed by atoms with van der Waals surface area (Å²) in [7, 11) is 1.94. The van der Waals surface area contributed by atoms with E-state index in [0.717, 1.165) is 50.7 Å². The Kier molecular flexibility index (Phi) is 5.79. The number of rotatable bonds is 7. The number of anilines is 2. The molecule has 1 atom stereocenters. The molecule has 0 spiro atoms. The van der Waals surface area contributed by atoms with Gasteiger partial charge in [-0.1, -0.05) is 27.2 Å². The molecule has 1 aromatic heterocycles. The van der Waals surface area contributed by atoms with E-state index in [4.69, 9.17) is 0 Å². The van der Waals surface area contributed by atoms with Crippen LogP contribution in [-0.4, -0.2) is 54.1 Å². The first-order valence-electron chi connectivity index (χ1n) is 8.25. The number of likely N-dealkylation sites (N-methyl/N-ethyl adjacent to an activating group) is 1. The highest BCUT2D eigenvalue weighted by atomic mass is 15.3. The third-order valence-electron chi connectivity index (χ3n) is 4.45. The van der Waals surface area contributed by atoms with Crippen LogP contribution in [0, 0.1) is 0 Å². The Morgan fingerprint density at radius 3 is 2.67 bits per heavy atom. The van der Waals surface area contributed by atoms with Gasteiger partial charge in [0, 0.05) is 31.7 Å². The minimum Gasteiger partial charge on any atom is -0.373 e. The highest BCUT2D eigenvalue weighted by Crippen LogP contribution is 2.28. The Labute approximate surface area is 128 Å². The van der Waals surface area contributed by atoms with E-state index in [2.05, 4.69) is 45.9 Å². The Balaban J connectivity index is 2.19. The largest absolute Gasteiger partial charge is 0.373 e. The van der Waals surface area contributed by atoms with Crippen molar-refractivity contribution in [1.29, 1.82) is 0 Å². The molecule has 2 heterocycles. The number of nitrogens with one attached hydrogen (secondary N) is 1. The summed E-state index contributed by atoms with van der Waals surface area (Å²) in [6.45, 7) is 11.1. The minimum absolute atomic E-state index is 0.655. The molecular formula is C16H29N5. The smallest absolute Gasteiger partial charge is 0.137 e. The number of hydrogen-bond acceptors (Lipinski definition) is 5. The Morgan fingerprint density at radius 2 is 2.05 bits per heavy atom. The molecule has 0 radical (unpaired) electrons. The predicted molar refractivity (Wildman–Crippen MR) is 89.1 cm³/mol. The molecule has 5 nitrogen and oxygen atoms in total. The van der Waals surface area contributed by atoms with Crippen molar-refractivity contribution in [3.63, 3.8) is 0 Å². The van der Waals surface area contributed by atoms with E-state index in [1.807, 2.05) is 7.05 Å². The topological polar surface area (TPSA) is 44.3 Å². The van der Waals surface area contributed by atoms with Crippen molar-refractivity contribution in [1.82, 2.24) is 14.9 Å². The molecule has 21 heavy (non-hydrogen) atoms. The first-order chi connectivity index (χ1) is 10.2. The van der Waals surface area contributed by atoms with E-state index in [9.17, 15) is 0 Å². The van der Waals surface area contributed by atoms with Crippen LogP contribution in [0.4, 0.5) is 11.6 Å². The van der Waals surface area contributed by atoms with Crippen LogP contribution in [0.1, 0.15) is 39.2 Å². The van der Waals surface area contributed by atoms with Crippen LogP contribution in [0.25, 0.3) is 0 Å². The lowest BCUT2D eigenvalue weighted by atomic mass is 10.1. The van der Waals surface area contributed by atoms with E-state index in [0.29, 0.717) is 6.04 Å². The van der Waals surface area contributed by atoms with Gasteiger partial charge in [-0.2, -0.15) is 0 Å². The maximum atomic E-state index is 4.59. The quantitative estimate of drug-likeness (QED) is 0.835. The summed E-state index contributed by atoms with van der Waals surface area (Å²) in [5.74, 6) is 2.11. The normalized spacial score (nSPS) is 18.5. The highest BCUT2D eigenvalue weighted by molar-refractivity contribution is 5.59. The number of aromatic nitrogens is 2. The lowest BCUT2D eigenvalue weighted by Gasteiger charge is -2.27. The average Bonchev–Trinajstić information content (AvgIpc) is 2.98. The van der Waals surface area contributed by atoms with E-state index in [1.54, 1.807) is 6.33 Å². The van der Waals surface area contributed by atoms with Crippen molar-refractivity contribution >= 4 is 11.6 Å². The molecule has 118 valence electrons. The van der Waals surface area contributed by atoms with Gasteiger partial charge >= 0.3 is 0 Å². The SMILES string of the molecule is CCCc1c(NC)ncnc1N1CCC(N(CC)CC)C1. The van der Waals surface area contributed by atoms with Crippen LogP contribution in [0.5, 0.6) is 0 Å².